The van der Waals surface area contributed by atoms with Gasteiger partial charge in [0, 0.05) is 6.07 Å². The topological polar surface area (TPSA) is 44.8 Å². The highest BCUT2D eigenvalue weighted by molar-refractivity contribution is 5.91. The lowest BCUT2D eigenvalue weighted by molar-refractivity contribution is 0.0734. The van der Waals surface area contributed by atoms with Crippen molar-refractivity contribution in [2.24, 2.45) is 0 Å². The van der Waals surface area contributed by atoms with Crippen LogP contribution in [0.4, 0.5) is 4.39 Å². The molecule has 0 spiro atoms. The fourth-order valence-corrected chi connectivity index (χ4v) is 3.65. The number of esters is 1. The van der Waals surface area contributed by atoms with E-state index in [0.29, 0.717) is 18.8 Å². The highest BCUT2D eigenvalue weighted by atomic mass is 19.1. The first-order valence-corrected chi connectivity index (χ1v) is 13.0. The highest BCUT2D eigenvalue weighted by Gasteiger charge is 2.12. The van der Waals surface area contributed by atoms with E-state index in [4.69, 9.17) is 14.2 Å². The van der Waals surface area contributed by atoms with E-state index in [1.165, 1.54) is 57.1 Å². The zero-order valence-corrected chi connectivity index (χ0v) is 21.0. The van der Waals surface area contributed by atoms with Gasteiger partial charge in [-0.05, 0) is 49.2 Å². The molecule has 0 aromatic heterocycles. The standard InChI is InChI=1S/C29H41FO4/c1-3-5-7-9-10-11-12-14-21-32-25-17-15-24(16-18-25)29(31)34-26-19-20-28(27(30)23-26)33-22-13-8-6-4-2/h15-20,23H,3-14,21-22H2,1-2H3. The fourth-order valence-electron chi connectivity index (χ4n) is 3.65. The molecule has 5 heteroatoms. The molecule has 0 saturated carbocycles. The summed E-state index contributed by atoms with van der Waals surface area (Å²) in [6.07, 6.45) is 14.3. The summed E-state index contributed by atoms with van der Waals surface area (Å²) in [6.45, 7) is 5.52. The van der Waals surface area contributed by atoms with Crippen LogP contribution in [0.5, 0.6) is 17.2 Å². The van der Waals surface area contributed by atoms with Crippen molar-refractivity contribution >= 4 is 5.97 Å². The number of carbonyl (C=O) groups is 1. The number of ether oxygens (including phenoxy) is 3. The number of hydrogen-bond donors (Lipinski definition) is 0. The van der Waals surface area contributed by atoms with Gasteiger partial charge in [-0.1, -0.05) is 78.1 Å². The van der Waals surface area contributed by atoms with Crippen LogP contribution in [0.3, 0.4) is 0 Å². The summed E-state index contributed by atoms with van der Waals surface area (Å²) in [7, 11) is 0. The first-order chi connectivity index (χ1) is 16.6. The molecule has 0 N–H and O–H groups in total. The minimum Gasteiger partial charge on any atom is -0.494 e. The van der Waals surface area contributed by atoms with Crippen molar-refractivity contribution < 1.29 is 23.4 Å². The second-order valence-electron chi connectivity index (χ2n) is 8.74. The zero-order valence-electron chi connectivity index (χ0n) is 21.0. The van der Waals surface area contributed by atoms with E-state index in [-0.39, 0.29) is 11.5 Å². The van der Waals surface area contributed by atoms with Gasteiger partial charge >= 0.3 is 5.97 Å². The molecule has 0 heterocycles. The first kappa shape index (κ1) is 27.7. The molecular weight excluding hydrogens is 431 g/mol. The molecular formula is C29H41FO4. The Balaban J connectivity index is 1.69. The van der Waals surface area contributed by atoms with E-state index in [2.05, 4.69) is 13.8 Å². The predicted molar refractivity (Wildman–Crippen MR) is 136 cm³/mol. The Labute approximate surface area is 204 Å². The maximum absolute atomic E-state index is 14.3. The Bertz CT molecular complexity index is 819. The van der Waals surface area contributed by atoms with Crippen molar-refractivity contribution in [3.63, 3.8) is 0 Å². The van der Waals surface area contributed by atoms with E-state index < -0.39 is 11.8 Å². The summed E-state index contributed by atoms with van der Waals surface area (Å²) in [5.41, 5.74) is 0.385. The molecule has 0 unspecified atom stereocenters. The molecule has 0 aliphatic heterocycles. The fraction of sp³-hybridized carbons (Fsp3) is 0.552. The normalized spacial score (nSPS) is 10.8. The molecule has 0 aliphatic carbocycles. The molecule has 4 nitrogen and oxygen atoms in total. The Morgan fingerprint density at radius 2 is 1.21 bits per heavy atom. The van der Waals surface area contributed by atoms with Crippen LogP contribution in [0.1, 0.15) is 101 Å². The average Bonchev–Trinajstić information content (AvgIpc) is 2.84. The molecule has 0 fully saturated rings. The Hall–Kier alpha value is -2.56. The molecule has 2 aromatic carbocycles. The van der Waals surface area contributed by atoms with Gasteiger partial charge in [-0.15, -0.1) is 0 Å². The number of carbonyl (C=O) groups excluding carboxylic acids is 1. The lowest BCUT2D eigenvalue weighted by Gasteiger charge is -2.10. The van der Waals surface area contributed by atoms with E-state index in [9.17, 15) is 9.18 Å². The molecule has 188 valence electrons. The van der Waals surface area contributed by atoms with Crippen LogP contribution in [0, 0.1) is 5.82 Å². The molecule has 0 atom stereocenters. The molecule has 0 radical (unpaired) electrons. The average molecular weight is 473 g/mol. The maximum atomic E-state index is 14.3. The summed E-state index contributed by atoms with van der Waals surface area (Å²) in [6, 6.07) is 11.1. The van der Waals surface area contributed by atoms with Crippen molar-refractivity contribution in [1.82, 2.24) is 0 Å². The smallest absolute Gasteiger partial charge is 0.343 e. The highest BCUT2D eigenvalue weighted by Crippen LogP contribution is 2.24. The van der Waals surface area contributed by atoms with Crippen LogP contribution in [0.2, 0.25) is 0 Å². The maximum Gasteiger partial charge on any atom is 0.343 e. The van der Waals surface area contributed by atoms with Crippen LogP contribution in [0.25, 0.3) is 0 Å². The van der Waals surface area contributed by atoms with Crippen molar-refractivity contribution in [3.05, 3.63) is 53.8 Å². The van der Waals surface area contributed by atoms with Crippen molar-refractivity contribution in [2.75, 3.05) is 13.2 Å². The zero-order chi connectivity index (χ0) is 24.4. The van der Waals surface area contributed by atoms with Gasteiger partial charge in [-0.2, -0.15) is 0 Å². The molecule has 2 aromatic rings. The quantitative estimate of drug-likeness (QED) is 0.124. The van der Waals surface area contributed by atoms with Crippen LogP contribution < -0.4 is 14.2 Å². The Morgan fingerprint density at radius 1 is 0.676 bits per heavy atom. The summed E-state index contributed by atoms with van der Waals surface area (Å²) in [4.78, 5) is 12.4. The van der Waals surface area contributed by atoms with Gasteiger partial charge in [0.2, 0.25) is 0 Å². The van der Waals surface area contributed by atoms with E-state index in [1.54, 1.807) is 30.3 Å². The third-order valence-corrected chi connectivity index (χ3v) is 5.73. The summed E-state index contributed by atoms with van der Waals surface area (Å²) in [5, 5.41) is 0. The van der Waals surface area contributed by atoms with Gasteiger partial charge in [-0.25, -0.2) is 9.18 Å². The third-order valence-electron chi connectivity index (χ3n) is 5.73. The summed E-state index contributed by atoms with van der Waals surface area (Å²) in [5.74, 6) is -0.0242. The third kappa shape index (κ3) is 11.0. The molecule has 34 heavy (non-hydrogen) atoms. The van der Waals surface area contributed by atoms with Gasteiger partial charge in [0.1, 0.15) is 11.5 Å². The van der Waals surface area contributed by atoms with Crippen molar-refractivity contribution in [3.8, 4) is 17.2 Å². The van der Waals surface area contributed by atoms with Crippen LogP contribution in [0.15, 0.2) is 42.5 Å². The van der Waals surface area contributed by atoms with Gasteiger partial charge < -0.3 is 14.2 Å². The molecule has 0 aliphatic rings. The number of halogens is 1. The molecule has 0 amide bonds. The first-order valence-electron chi connectivity index (χ1n) is 13.0. The summed E-state index contributed by atoms with van der Waals surface area (Å²) >= 11 is 0. The van der Waals surface area contributed by atoms with Gasteiger partial charge in [-0.3, -0.25) is 0 Å². The molecule has 0 saturated heterocycles. The van der Waals surface area contributed by atoms with Crippen molar-refractivity contribution in [1.29, 1.82) is 0 Å². The second-order valence-corrected chi connectivity index (χ2v) is 8.74. The largest absolute Gasteiger partial charge is 0.494 e. The number of benzene rings is 2. The number of hydrogen-bond acceptors (Lipinski definition) is 4. The minimum atomic E-state index is -0.540. The van der Waals surface area contributed by atoms with Crippen molar-refractivity contribution in [2.45, 2.75) is 90.9 Å². The van der Waals surface area contributed by atoms with Gasteiger partial charge in [0.05, 0.1) is 18.8 Å². The van der Waals surface area contributed by atoms with E-state index in [0.717, 1.165) is 37.9 Å². The lowest BCUT2D eigenvalue weighted by atomic mass is 10.1. The van der Waals surface area contributed by atoms with E-state index >= 15 is 0 Å². The SMILES string of the molecule is CCCCCCCCCCOc1ccc(C(=O)Oc2ccc(OCCCCCC)c(F)c2)cc1. The van der Waals surface area contributed by atoms with Crippen LogP contribution in [-0.2, 0) is 0 Å². The van der Waals surface area contributed by atoms with Crippen LogP contribution in [-0.4, -0.2) is 19.2 Å². The Morgan fingerprint density at radius 3 is 1.82 bits per heavy atom. The number of unbranched alkanes of at least 4 members (excludes halogenated alkanes) is 10. The van der Waals surface area contributed by atoms with Gasteiger partial charge in [0.15, 0.2) is 11.6 Å². The monoisotopic (exact) mass is 472 g/mol. The second kappa shape index (κ2) is 17.0. The summed E-state index contributed by atoms with van der Waals surface area (Å²) < 4.78 is 30.8. The molecule has 2 rings (SSSR count). The predicted octanol–water partition coefficient (Wildman–Crippen LogP) is 8.52. The van der Waals surface area contributed by atoms with E-state index in [1.807, 2.05) is 0 Å². The lowest BCUT2D eigenvalue weighted by Crippen LogP contribution is -2.09. The number of rotatable bonds is 18. The molecule has 0 bridgehead atoms. The van der Waals surface area contributed by atoms with Crippen LogP contribution >= 0.6 is 0 Å². The minimum absolute atomic E-state index is 0.149. The van der Waals surface area contributed by atoms with Gasteiger partial charge in [0.25, 0.3) is 0 Å². The Kier molecular flexibility index (Phi) is 13.8.